The van der Waals surface area contributed by atoms with E-state index in [1.807, 2.05) is 64.1 Å². The van der Waals surface area contributed by atoms with E-state index in [2.05, 4.69) is 9.97 Å². The summed E-state index contributed by atoms with van der Waals surface area (Å²) in [6.07, 6.45) is 6.31. The van der Waals surface area contributed by atoms with Crippen molar-refractivity contribution in [2.24, 2.45) is 0 Å². The summed E-state index contributed by atoms with van der Waals surface area (Å²) in [7, 11) is 0. The molecule has 1 N–H and O–H groups in total. The highest BCUT2D eigenvalue weighted by Gasteiger charge is 2.33. The van der Waals surface area contributed by atoms with E-state index in [1.54, 1.807) is 18.6 Å². The Morgan fingerprint density at radius 3 is 2.64 bits per heavy atom. The number of aromatic nitrogens is 4. The van der Waals surface area contributed by atoms with E-state index in [4.69, 9.17) is 19.4 Å². The molecule has 0 aliphatic carbocycles. The van der Waals surface area contributed by atoms with Gasteiger partial charge < -0.3 is 14.6 Å². The Morgan fingerprint density at radius 2 is 1.90 bits per heavy atom. The molecule has 3 aromatic heterocycles. The van der Waals surface area contributed by atoms with E-state index in [9.17, 15) is 9.90 Å². The first-order valence-electron chi connectivity index (χ1n) is 12.9. The van der Waals surface area contributed by atoms with Gasteiger partial charge in [-0.25, -0.2) is 19.7 Å². The molecular formula is C31H28N4O4. The molecule has 8 nitrogen and oxygen atoms in total. The van der Waals surface area contributed by atoms with Crippen LogP contribution < -0.4 is 4.74 Å². The van der Waals surface area contributed by atoms with Crippen molar-refractivity contribution >= 4 is 27.8 Å². The third-order valence-corrected chi connectivity index (χ3v) is 6.89. The third-order valence-electron chi connectivity index (χ3n) is 6.89. The quantitative estimate of drug-likeness (QED) is 0.297. The lowest BCUT2D eigenvalue weighted by molar-refractivity contribution is -0.160. The van der Waals surface area contributed by atoms with Crippen molar-refractivity contribution < 1.29 is 19.4 Å². The normalized spacial score (nSPS) is 13.8. The number of carboxylic acid groups (broad SMARTS) is 1. The summed E-state index contributed by atoms with van der Waals surface area (Å²) in [5.41, 5.74) is 6.38. The number of nitrogens with zero attached hydrogens (tertiary/aromatic N) is 4. The van der Waals surface area contributed by atoms with Gasteiger partial charge in [0, 0.05) is 52.5 Å². The molecule has 0 saturated heterocycles. The molecule has 0 unspecified atom stereocenters. The number of ether oxygens (including phenoxy) is 2. The predicted molar refractivity (Wildman–Crippen MR) is 149 cm³/mol. The van der Waals surface area contributed by atoms with E-state index in [-0.39, 0.29) is 0 Å². The summed E-state index contributed by atoms with van der Waals surface area (Å²) >= 11 is 0. The fourth-order valence-corrected chi connectivity index (χ4v) is 5.33. The number of aryl methyl sites for hydroxylation is 1. The van der Waals surface area contributed by atoms with Crippen LogP contribution in [-0.4, -0.2) is 43.2 Å². The number of pyridine rings is 2. The number of hydrogen-bond donors (Lipinski definition) is 1. The molecule has 196 valence electrons. The number of hydrogen-bond acceptors (Lipinski definition) is 7. The van der Waals surface area contributed by atoms with Crippen molar-refractivity contribution in [1.29, 1.82) is 0 Å². The fourth-order valence-electron chi connectivity index (χ4n) is 5.33. The van der Waals surface area contributed by atoms with Crippen molar-refractivity contribution in [2.75, 3.05) is 6.61 Å². The average Bonchev–Trinajstić information content (AvgIpc) is 2.91. The van der Waals surface area contributed by atoms with E-state index < -0.39 is 17.7 Å². The van der Waals surface area contributed by atoms with Gasteiger partial charge in [-0.1, -0.05) is 6.07 Å². The first-order valence-corrected chi connectivity index (χ1v) is 12.9. The Morgan fingerprint density at radius 1 is 1.10 bits per heavy atom. The minimum absolute atomic E-state index is 0.585. The molecule has 1 aliphatic rings. The number of aliphatic carboxylic acids is 1. The maximum Gasteiger partial charge on any atom is 0.337 e. The summed E-state index contributed by atoms with van der Waals surface area (Å²) in [5.74, 6) is -0.273. The Bertz CT molecular complexity index is 1740. The monoisotopic (exact) mass is 520 g/mol. The number of benzene rings is 2. The second kappa shape index (κ2) is 9.39. The highest BCUT2D eigenvalue weighted by Crippen LogP contribution is 2.45. The van der Waals surface area contributed by atoms with Gasteiger partial charge >= 0.3 is 5.97 Å². The molecule has 0 amide bonds. The molecule has 0 bridgehead atoms. The first kappa shape index (κ1) is 24.9. The van der Waals surface area contributed by atoms with Crippen LogP contribution in [0.2, 0.25) is 0 Å². The lowest BCUT2D eigenvalue weighted by Crippen LogP contribution is -2.28. The molecule has 6 rings (SSSR count). The van der Waals surface area contributed by atoms with E-state index >= 15 is 0 Å². The Labute approximate surface area is 225 Å². The van der Waals surface area contributed by atoms with Gasteiger partial charge in [-0.3, -0.25) is 4.98 Å². The molecule has 0 saturated carbocycles. The van der Waals surface area contributed by atoms with Gasteiger partial charge in [0.1, 0.15) is 12.1 Å². The second-order valence-electron chi connectivity index (χ2n) is 10.7. The largest absolute Gasteiger partial charge is 0.493 e. The third kappa shape index (κ3) is 4.46. The zero-order valence-electron chi connectivity index (χ0n) is 22.2. The summed E-state index contributed by atoms with van der Waals surface area (Å²) in [6, 6.07) is 11.7. The highest BCUT2D eigenvalue weighted by atomic mass is 16.5. The van der Waals surface area contributed by atoms with Crippen LogP contribution in [0.1, 0.15) is 43.6 Å². The molecule has 0 fully saturated rings. The SMILES string of the molecule is Cc1cc2nc(-c3cncnc3)ccc2c(-c2ccc3c4c(ccnc24)CCO3)c1[C@H](OC(C)(C)C)C(=O)O. The van der Waals surface area contributed by atoms with Crippen molar-refractivity contribution in [3.63, 3.8) is 0 Å². The maximum atomic E-state index is 12.7. The van der Waals surface area contributed by atoms with Crippen LogP contribution >= 0.6 is 0 Å². The van der Waals surface area contributed by atoms with Crippen molar-refractivity contribution in [3.8, 4) is 28.1 Å². The van der Waals surface area contributed by atoms with E-state index in [0.717, 1.165) is 67.5 Å². The molecule has 39 heavy (non-hydrogen) atoms. The maximum absolute atomic E-state index is 12.7. The lowest BCUT2D eigenvalue weighted by Gasteiger charge is -2.29. The summed E-state index contributed by atoms with van der Waals surface area (Å²) in [5, 5.41) is 12.2. The molecule has 8 heteroatoms. The van der Waals surface area contributed by atoms with Gasteiger partial charge in [-0.05, 0) is 74.7 Å². The standard InChI is InChI=1S/C31H28N4O4/c1-17-13-23-20(5-7-22(35-23)19-14-32-16-33-15-19)27(25(17)29(30(36)37)39-31(2,3)4)21-6-8-24-26-18(10-12-38-24)9-11-34-28(21)26/h5-9,11,13-16,29H,10,12H2,1-4H3,(H,36,37)/t29-/m0/s1. The van der Waals surface area contributed by atoms with Gasteiger partial charge in [0.2, 0.25) is 0 Å². The minimum Gasteiger partial charge on any atom is -0.493 e. The lowest BCUT2D eigenvalue weighted by atomic mass is 9.86. The van der Waals surface area contributed by atoms with Gasteiger partial charge in [-0.2, -0.15) is 0 Å². The fraction of sp³-hybridized carbons (Fsp3) is 0.258. The van der Waals surface area contributed by atoms with Crippen LogP contribution in [-0.2, 0) is 16.0 Å². The van der Waals surface area contributed by atoms with Crippen molar-refractivity contribution in [3.05, 3.63) is 78.0 Å². The zero-order chi connectivity index (χ0) is 27.3. The molecule has 5 aromatic rings. The Kier molecular flexibility index (Phi) is 5.99. The van der Waals surface area contributed by atoms with Gasteiger partial charge in [0.15, 0.2) is 6.10 Å². The van der Waals surface area contributed by atoms with Crippen LogP contribution in [0.25, 0.3) is 44.2 Å². The van der Waals surface area contributed by atoms with E-state index in [0.29, 0.717) is 12.2 Å². The van der Waals surface area contributed by atoms with Crippen LogP contribution in [0.5, 0.6) is 5.75 Å². The van der Waals surface area contributed by atoms with Crippen LogP contribution in [0.15, 0.2) is 61.3 Å². The summed E-state index contributed by atoms with van der Waals surface area (Å²) < 4.78 is 12.1. The van der Waals surface area contributed by atoms with Gasteiger partial charge in [0.05, 0.1) is 28.9 Å². The van der Waals surface area contributed by atoms with Crippen molar-refractivity contribution in [2.45, 2.75) is 45.8 Å². The van der Waals surface area contributed by atoms with Crippen LogP contribution in [0, 0.1) is 6.92 Å². The molecule has 1 aliphatic heterocycles. The van der Waals surface area contributed by atoms with E-state index in [1.165, 1.54) is 6.33 Å². The summed E-state index contributed by atoms with van der Waals surface area (Å²) in [4.78, 5) is 30.7. The molecule has 0 spiro atoms. The number of carboxylic acids is 1. The smallest absolute Gasteiger partial charge is 0.337 e. The number of fused-ring (bicyclic) bond motifs is 1. The van der Waals surface area contributed by atoms with Crippen LogP contribution in [0.4, 0.5) is 0 Å². The number of carbonyl (C=O) groups is 1. The topological polar surface area (TPSA) is 107 Å². The van der Waals surface area contributed by atoms with Crippen LogP contribution in [0.3, 0.4) is 0 Å². The number of rotatable bonds is 5. The first-order chi connectivity index (χ1) is 18.7. The Balaban J connectivity index is 1.70. The second-order valence-corrected chi connectivity index (χ2v) is 10.7. The molecule has 1 atom stereocenters. The highest BCUT2D eigenvalue weighted by molar-refractivity contribution is 6.08. The minimum atomic E-state index is -1.20. The predicted octanol–water partition coefficient (Wildman–Crippen LogP) is 6.09. The molecule has 2 aromatic carbocycles. The molecule has 4 heterocycles. The zero-order valence-corrected chi connectivity index (χ0v) is 22.2. The van der Waals surface area contributed by atoms with Crippen molar-refractivity contribution in [1.82, 2.24) is 19.9 Å². The van der Waals surface area contributed by atoms with Gasteiger partial charge in [-0.15, -0.1) is 0 Å². The van der Waals surface area contributed by atoms with Gasteiger partial charge in [0.25, 0.3) is 0 Å². The Hall–Kier alpha value is -4.43. The summed E-state index contributed by atoms with van der Waals surface area (Å²) in [6.45, 7) is 8.09. The molecular weight excluding hydrogens is 492 g/mol. The molecule has 0 radical (unpaired) electrons. The average molecular weight is 521 g/mol.